The summed E-state index contributed by atoms with van der Waals surface area (Å²) in [6.07, 6.45) is 10.9. The van der Waals surface area contributed by atoms with Crippen LogP contribution >= 0.6 is 31.0 Å². The van der Waals surface area contributed by atoms with Crippen molar-refractivity contribution in [1.29, 1.82) is 0 Å². The van der Waals surface area contributed by atoms with Gasteiger partial charge in [-0.2, -0.15) is 11.8 Å². The van der Waals surface area contributed by atoms with Crippen LogP contribution in [0.3, 0.4) is 0 Å². The van der Waals surface area contributed by atoms with Gasteiger partial charge < -0.3 is 24.0 Å². The molecule has 35 heavy (non-hydrogen) atoms. The van der Waals surface area contributed by atoms with Crippen LogP contribution in [0.4, 0.5) is 4.79 Å². The van der Waals surface area contributed by atoms with Crippen LogP contribution in [0.2, 0.25) is 5.02 Å². The van der Waals surface area contributed by atoms with Gasteiger partial charge in [0.2, 0.25) is 0 Å². The predicted octanol–water partition coefficient (Wildman–Crippen LogP) is 8.03. The molecule has 0 saturated heterocycles. The largest absolute Gasteiger partial charge is 0.494 e. The van der Waals surface area contributed by atoms with E-state index in [-0.39, 0.29) is 12.7 Å². The van der Waals surface area contributed by atoms with Crippen LogP contribution in [0.15, 0.2) is 24.3 Å². The molecule has 0 aliphatic heterocycles. The number of carbonyl (C=O) groups is 1. The summed E-state index contributed by atoms with van der Waals surface area (Å²) in [6.45, 7) is 5.20. The lowest BCUT2D eigenvalue weighted by Gasteiger charge is -2.24. The molecule has 0 bridgehead atoms. The van der Waals surface area contributed by atoms with Crippen molar-refractivity contribution in [3.63, 3.8) is 0 Å². The fourth-order valence-corrected chi connectivity index (χ4v) is 5.39. The highest BCUT2D eigenvalue weighted by Gasteiger charge is 2.29. The highest BCUT2D eigenvalue weighted by atomic mass is 35.5. The van der Waals surface area contributed by atoms with E-state index < -0.39 is 13.3 Å². The third-order valence-corrected chi connectivity index (χ3v) is 8.34. The highest BCUT2D eigenvalue weighted by Crippen LogP contribution is 2.42. The van der Waals surface area contributed by atoms with Crippen LogP contribution in [0.5, 0.6) is 5.75 Å². The van der Waals surface area contributed by atoms with E-state index in [2.05, 4.69) is 18.4 Å². The van der Waals surface area contributed by atoms with Crippen LogP contribution in [0.25, 0.3) is 0 Å². The van der Waals surface area contributed by atoms with E-state index in [1.165, 1.54) is 32.1 Å². The Hall–Kier alpha value is -0.760. The lowest BCUT2D eigenvalue weighted by atomic mass is 10.1. The first-order valence-electron chi connectivity index (χ1n) is 12.6. The Bertz CT molecular complexity index is 735. The molecule has 0 aliphatic carbocycles. The molecule has 7 nitrogen and oxygen atoms in total. The summed E-state index contributed by atoms with van der Waals surface area (Å²) in [6, 6.07) is 7.41. The summed E-state index contributed by atoms with van der Waals surface area (Å²) >= 11 is 7.84. The zero-order valence-electron chi connectivity index (χ0n) is 21.0. The number of hydrogen-bond donors (Lipinski definition) is 2. The van der Waals surface area contributed by atoms with Gasteiger partial charge in [-0.25, -0.2) is 9.36 Å². The molecule has 202 valence electrons. The van der Waals surface area contributed by atoms with Gasteiger partial charge in [-0.3, -0.25) is 0 Å². The second-order valence-electron chi connectivity index (χ2n) is 8.54. The molecule has 0 heterocycles. The molecule has 3 atom stereocenters. The lowest BCUT2D eigenvalue weighted by Crippen LogP contribution is -2.25. The molecule has 0 amide bonds. The van der Waals surface area contributed by atoms with Crippen molar-refractivity contribution in [2.45, 2.75) is 89.4 Å². The fraction of sp³-hybridized carbons (Fsp3) is 0.720. The fourth-order valence-electron chi connectivity index (χ4n) is 3.42. The number of hydrogen-bond acceptors (Lipinski definition) is 6. The van der Waals surface area contributed by atoms with Crippen molar-refractivity contribution in [1.82, 2.24) is 0 Å². The van der Waals surface area contributed by atoms with Crippen molar-refractivity contribution in [2.24, 2.45) is 0 Å². The Kier molecular flexibility index (Phi) is 17.9. The van der Waals surface area contributed by atoms with Crippen LogP contribution in [0, 0.1) is 0 Å². The summed E-state index contributed by atoms with van der Waals surface area (Å²) in [7, 11) is -4.58. The smallest absolute Gasteiger partial charge is 0.435 e. The molecule has 0 fully saturated rings. The van der Waals surface area contributed by atoms with Gasteiger partial charge in [0.15, 0.2) is 0 Å². The molecule has 1 rings (SSSR count). The Morgan fingerprint density at radius 2 is 1.69 bits per heavy atom. The molecule has 0 saturated carbocycles. The number of benzene rings is 1. The van der Waals surface area contributed by atoms with Crippen molar-refractivity contribution in [2.75, 3.05) is 25.6 Å². The zero-order chi connectivity index (χ0) is 25.9. The van der Waals surface area contributed by atoms with Gasteiger partial charge in [-0.05, 0) is 69.0 Å². The summed E-state index contributed by atoms with van der Waals surface area (Å²) in [5, 5.41) is 9.71. The normalized spacial score (nSPS) is 14.9. The molecule has 1 unspecified atom stereocenters. The highest BCUT2D eigenvalue weighted by molar-refractivity contribution is 7.99. The minimum atomic E-state index is -4.58. The Labute approximate surface area is 219 Å². The maximum absolute atomic E-state index is 11.3. The van der Waals surface area contributed by atoms with Crippen molar-refractivity contribution in [3.8, 4) is 5.75 Å². The molecule has 0 aromatic heterocycles. The van der Waals surface area contributed by atoms with Gasteiger partial charge in [0.25, 0.3) is 0 Å². The third kappa shape index (κ3) is 15.9. The Morgan fingerprint density at radius 1 is 1.00 bits per heavy atom. The average molecular weight is 553 g/mol. The molecular weight excluding hydrogens is 511 g/mol. The van der Waals surface area contributed by atoms with E-state index in [4.69, 9.17) is 31.1 Å². The standard InChI is InChI=1S/C25H42ClO7PS/c1-3-4-5-6-8-12-24(21(2)31-18-11-19-33-34(29,30)25(27)28)35-20-10-7-9-17-32-23-15-13-22(26)14-16-23/h13-16,21,24H,3-12,17-20H2,1-2H3,(H,27,28)(H,29,30)/t21-,24+/m0/s1. The minimum Gasteiger partial charge on any atom is -0.494 e. The summed E-state index contributed by atoms with van der Waals surface area (Å²) in [4.78, 5) is 19.8. The minimum absolute atomic E-state index is 0.0415. The van der Waals surface area contributed by atoms with E-state index in [1.807, 2.05) is 36.0 Å². The Morgan fingerprint density at radius 3 is 2.37 bits per heavy atom. The SMILES string of the molecule is CCCCCCC[C@@H](SCCCCCOc1ccc(Cl)cc1)[C@H](C)OCCCOP(=O)(O)C(=O)O. The number of unbranched alkanes of at least 4 members (excludes halogenated alkanes) is 6. The van der Waals surface area contributed by atoms with Crippen molar-refractivity contribution >= 4 is 36.7 Å². The van der Waals surface area contributed by atoms with Gasteiger partial charge in [0, 0.05) is 16.9 Å². The Balaban J connectivity index is 2.28. The molecule has 1 aromatic rings. The molecule has 1 aromatic carbocycles. The topological polar surface area (TPSA) is 102 Å². The van der Waals surface area contributed by atoms with Crippen LogP contribution in [-0.2, 0) is 13.8 Å². The second kappa shape index (κ2) is 19.4. The molecule has 10 heteroatoms. The van der Waals surface area contributed by atoms with E-state index >= 15 is 0 Å². The first kappa shape index (κ1) is 32.3. The molecular formula is C25H42ClO7PS. The van der Waals surface area contributed by atoms with Gasteiger partial charge in [0.05, 0.1) is 19.3 Å². The first-order chi connectivity index (χ1) is 16.8. The summed E-state index contributed by atoms with van der Waals surface area (Å²) < 4.78 is 27.6. The van der Waals surface area contributed by atoms with Crippen molar-refractivity contribution < 1.29 is 33.4 Å². The van der Waals surface area contributed by atoms with E-state index in [0.717, 1.165) is 37.2 Å². The number of halogens is 1. The number of carboxylic acid groups (broad SMARTS) is 1. The van der Waals surface area contributed by atoms with Crippen LogP contribution < -0.4 is 4.74 Å². The summed E-state index contributed by atoms with van der Waals surface area (Å²) in [5.41, 5.74) is -1.83. The zero-order valence-corrected chi connectivity index (χ0v) is 23.5. The summed E-state index contributed by atoms with van der Waals surface area (Å²) in [5.74, 6) is 1.90. The molecule has 0 aliphatic rings. The van der Waals surface area contributed by atoms with Crippen molar-refractivity contribution in [3.05, 3.63) is 29.3 Å². The third-order valence-electron chi connectivity index (χ3n) is 5.50. The lowest BCUT2D eigenvalue weighted by molar-refractivity contribution is 0.0537. The monoisotopic (exact) mass is 552 g/mol. The van der Waals surface area contributed by atoms with Crippen LogP contribution in [-0.4, -0.2) is 52.6 Å². The number of thioether (sulfide) groups is 1. The van der Waals surface area contributed by atoms with E-state index in [1.54, 1.807) is 0 Å². The molecule has 2 N–H and O–H groups in total. The van der Waals surface area contributed by atoms with E-state index in [0.29, 0.717) is 29.9 Å². The van der Waals surface area contributed by atoms with E-state index in [9.17, 15) is 9.36 Å². The maximum Gasteiger partial charge on any atom is 0.435 e. The van der Waals surface area contributed by atoms with Gasteiger partial charge >= 0.3 is 13.3 Å². The molecule has 0 spiro atoms. The van der Waals surface area contributed by atoms with Gasteiger partial charge in [-0.15, -0.1) is 0 Å². The van der Waals surface area contributed by atoms with Gasteiger partial charge in [0.1, 0.15) is 5.75 Å². The number of ether oxygens (including phenoxy) is 2. The maximum atomic E-state index is 11.3. The average Bonchev–Trinajstić information content (AvgIpc) is 2.82. The number of rotatable bonds is 22. The predicted molar refractivity (Wildman–Crippen MR) is 144 cm³/mol. The second-order valence-corrected chi connectivity index (χ2v) is 12.0. The van der Waals surface area contributed by atoms with Crippen LogP contribution in [0.1, 0.15) is 78.1 Å². The van der Waals surface area contributed by atoms with Gasteiger partial charge in [-0.1, -0.05) is 50.6 Å². The first-order valence-corrected chi connectivity index (χ1v) is 15.6. The molecule has 0 radical (unpaired) electrons. The quantitative estimate of drug-likeness (QED) is 0.110.